The molecule has 0 radical (unpaired) electrons. The summed E-state index contributed by atoms with van der Waals surface area (Å²) < 4.78 is 4.95. The second-order valence-electron chi connectivity index (χ2n) is 4.03. The summed E-state index contributed by atoms with van der Waals surface area (Å²) in [5.41, 5.74) is 0.190. The van der Waals surface area contributed by atoms with E-state index in [1.54, 1.807) is 6.07 Å². The number of aryl methyl sites for hydroxylation is 1. The first-order valence-electron chi connectivity index (χ1n) is 5.63. The van der Waals surface area contributed by atoms with Gasteiger partial charge in [0, 0.05) is 19.0 Å². The van der Waals surface area contributed by atoms with Crippen LogP contribution in [0.15, 0.2) is 10.6 Å². The molecule has 0 aliphatic carbocycles. The first kappa shape index (κ1) is 11.6. The first-order valence-corrected chi connectivity index (χ1v) is 5.63. The molecule has 2 rings (SSSR count). The number of aliphatic carboxylic acids is 1. The van der Waals surface area contributed by atoms with E-state index in [2.05, 4.69) is 5.16 Å². The Hall–Kier alpha value is -1.85. The summed E-state index contributed by atoms with van der Waals surface area (Å²) in [5, 5.41) is 12.7. The Kier molecular flexibility index (Phi) is 3.12. The quantitative estimate of drug-likeness (QED) is 0.846. The molecule has 0 saturated carbocycles. The number of amides is 1. The van der Waals surface area contributed by atoms with Gasteiger partial charge in [0.2, 0.25) is 0 Å². The Morgan fingerprint density at radius 3 is 3.00 bits per heavy atom. The maximum atomic E-state index is 12.0. The zero-order valence-corrected chi connectivity index (χ0v) is 9.55. The van der Waals surface area contributed by atoms with Gasteiger partial charge in [-0.05, 0) is 12.8 Å². The molecular formula is C11H14N2O4. The van der Waals surface area contributed by atoms with E-state index in [1.165, 1.54) is 4.90 Å². The minimum Gasteiger partial charge on any atom is -0.480 e. The van der Waals surface area contributed by atoms with Crippen LogP contribution in [0.5, 0.6) is 0 Å². The zero-order chi connectivity index (χ0) is 12.4. The Balaban J connectivity index is 2.16. The number of carboxylic acid groups (broad SMARTS) is 1. The van der Waals surface area contributed by atoms with Crippen molar-refractivity contribution in [1.29, 1.82) is 0 Å². The lowest BCUT2D eigenvalue weighted by molar-refractivity contribution is -0.141. The summed E-state index contributed by atoms with van der Waals surface area (Å²) in [4.78, 5) is 24.3. The topological polar surface area (TPSA) is 83.6 Å². The number of carbonyl (C=O) groups excluding carboxylic acids is 1. The highest BCUT2D eigenvalue weighted by Crippen LogP contribution is 2.20. The maximum absolute atomic E-state index is 12.0. The van der Waals surface area contributed by atoms with Gasteiger partial charge in [0.25, 0.3) is 5.91 Å². The van der Waals surface area contributed by atoms with Crippen molar-refractivity contribution in [2.24, 2.45) is 0 Å². The van der Waals surface area contributed by atoms with Crippen LogP contribution in [-0.2, 0) is 11.2 Å². The molecule has 0 aromatic carbocycles. The van der Waals surface area contributed by atoms with Crippen LogP contribution in [0.4, 0.5) is 0 Å². The normalized spacial score (nSPS) is 19.6. The number of hydrogen-bond acceptors (Lipinski definition) is 4. The summed E-state index contributed by atoms with van der Waals surface area (Å²) >= 11 is 0. The fourth-order valence-corrected chi connectivity index (χ4v) is 1.99. The van der Waals surface area contributed by atoms with Crippen molar-refractivity contribution >= 4 is 11.9 Å². The van der Waals surface area contributed by atoms with Crippen LogP contribution in [-0.4, -0.2) is 39.6 Å². The van der Waals surface area contributed by atoms with Crippen LogP contribution >= 0.6 is 0 Å². The van der Waals surface area contributed by atoms with E-state index < -0.39 is 12.0 Å². The van der Waals surface area contributed by atoms with Crippen LogP contribution in [0.2, 0.25) is 0 Å². The maximum Gasteiger partial charge on any atom is 0.326 e. The Labute approximate surface area is 98.2 Å². The molecule has 1 atom stereocenters. The van der Waals surface area contributed by atoms with E-state index in [-0.39, 0.29) is 11.6 Å². The third-order valence-electron chi connectivity index (χ3n) is 2.93. The fraction of sp³-hybridized carbons (Fsp3) is 0.545. The number of nitrogens with zero attached hydrogens (tertiary/aromatic N) is 2. The van der Waals surface area contributed by atoms with E-state index in [4.69, 9.17) is 9.63 Å². The van der Waals surface area contributed by atoms with E-state index >= 15 is 0 Å². The SMILES string of the molecule is CCc1cc(C(=O)N2CCC[C@H]2C(=O)O)no1. The molecule has 17 heavy (non-hydrogen) atoms. The van der Waals surface area contributed by atoms with E-state index in [0.29, 0.717) is 31.6 Å². The molecular weight excluding hydrogens is 224 g/mol. The Morgan fingerprint density at radius 2 is 2.41 bits per heavy atom. The number of hydrogen-bond donors (Lipinski definition) is 1. The smallest absolute Gasteiger partial charge is 0.326 e. The molecule has 0 bridgehead atoms. The molecule has 1 N–H and O–H groups in total. The first-order chi connectivity index (χ1) is 8.13. The van der Waals surface area contributed by atoms with Gasteiger partial charge < -0.3 is 14.5 Å². The molecule has 1 aromatic rings. The van der Waals surface area contributed by atoms with Crippen molar-refractivity contribution < 1.29 is 19.2 Å². The van der Waals surface area contributed by atoms with E-state index in [0.717, 1.165) is 0 Å². The van der Waals surface area contributed by atoms with Crippen molar-refractivity contribution in [3.8, 4) is 0 Å². The predicted molar refractivity (Wildman–Crippen MR) is 57.6 cm³/mol. The number of aromatic nitrogens is 1. The van der Waals surface area contributed by atoms with Crippen molar-refractivity contribution in [3.05, 3.63) is 17.5 Å². The molecule has 6 nitrogen and oxygen atoms in total. The lowest BCUT2D eigenvalue weighted by Gasteiger charge is -2.19. The number of carbonyl (C=O) groups is 2. The lowest BCUT2D eigenvalue weighted by Crippen LogP contribution is -2.40. The second kappa shape index (κ2) is 4.57. The Morgan fingerprint density at radius 1 is 1.65 bits per heavy atom. The van der Waals surface area contributed by atoms with Crippen LogP contribution in [0.25, 0.3) is 0 Å². The summed E-state index contributed by atoms with van der Waals surface area (Å²) in [6.45, 7) is 2.36. The standard InChI is InChI=1S/C11H14N2O4/c1-2-7-6-8(12-17-7)10(14)13-5-3-4-9(13)11(15)16/h6,9H,2-5H2,1H3,(H,15,16)/t9-/m0/s1. The minimum atomic E-state index is -0.963. The van der Waals surface area contributed by atoms with E-state index in [1.807, 2.05) is 6.92 Å². The molecule has 0 spiro atoms. The third kappa shape index (κ3) is 2.15. The highest BCUT2D eigenvalue weighted by Gasteiger charge is 2.35. The van der Waals surface area contributed by atoms with Crippen LogP contribution in [0.1, 0.15) is 36.0 Å². The molecule has 6 heteroatoms. The summed E-state index contributed by atoms with van der Waals surface area (Å²) in [6.07, 6.45) is 1.86. The van der Waals surface area contributed by atoms with Gasteiger partial charge in [-0.2, -0.15) is 0 Å². The van der Waals surface area contributed by atoms with Crippen molar-refractivity contribution in [3.63, 3.8) is 0 Å². The molecule has 1 aliphatic rings. The lowest BCUT2D eigenvalue weighted by atomic mass is 10.2. The van der Waals surface area contributed by atoms with Gasteiger partial charge in [0.1, 0.15) is 11.8 Å². The molecule has 92 valence electrons. The van der Waals surface area contributed by atoms with Gasteiger partial charge in [-0.1, -0.05) is 12.1 Å². The minimum absolute atomic E-state index is 0.190. The zero-order valence-electron chi connectivity index (χ0n) is 9.55. The number of carboxylic acids is 1. The predicted octanol–water partition coefficient (Wildman–Crippen LogP) is 0.926. The monoisotopic (exact) mass is 238 g/mol. The van der Waals surface area contributed by atoms with Gasteiger partial charge in [0.15, 0.2) is 5.69 Å². The summed E-state index contributed by atoms with van der Waals surface area (Å²) in [6, 6.07) is 0.837. The van der Waals surface area contributed by atoms with Gasteiger partial charge in [-0.15, -0.1) is 0 Å². The van der Waals surface area contributed by atoms with Gasteiger partial charge >= 0.3 is 5.97 Å². The van der Waals surface area contributed by atoms with Crippen LogP contribution in [0, 0.1) is 0 Å². The molecule has 0 unspecified atom stereocenters. The molecule has 1 amide bonds. The molecule has 1 aromatic heterocycles. The average molecular weight is 238 g/mol. The second-order valence-corrected chi connectivity index (χ2v) is 4.03. The van der Waals surface area contributed by atoms with Gasteiger partial charge in [0.05, 0.1) is 0 Å². The molecule has 2 heterocycles. The summed E-state index contributed by atoms with van der Waals surface area (Å²) in [7, 11) is 0. The van der Waals surface area contributed by atoms with Crippen molar-refractivity contribution in [2.75, 3.05) is 6.54 Å². The number of likely N-dealkylation sites (tertiary alicyclic amines) is 1. The highest BCUT2D eigenvalue weighted by atomic mass is 16.5. The average Bonchev–Trinajstić information content (AvgIpc) is 2.97. The molecule has 1 aliphatic heterocycles. The van der Waals surface area contributed by atoms with E-state index in [9.17, 15) is 9.59 Å². The highest BCUT2D eigenvalue weighted by molar-refractivity contribution is 5.95. The number of rotatable bonds is 3. The van der Waals surface area contributed by atoms with Crippen LogP contribution < -0.4 is 0 Å². The third-order valence-corrected chi connectivity index (χ3v) is 2.93. The van der Waals surface area contributed by atoms with Crippen molar-refractivity contribution in [1.82, 2.24) is 10.1 Å². The molecule has 1 saturated heterocycles. The fourth-order valence-electron chi connectivity index (χ4n) is 1.99. The largest absolute Gasteiger partial charge is 0.480 e. The van der Waals surface area contributed by atoms with Crippen molar-refractivity contribution in [2.45, 2.75) is 32.2 Å². The van der Waals surface area contributed by atoms with Crippen LogP contribution in [0.3, 0.4) is 0 Å². The molecule has 1 fully saturated rings. The van der Waals surface area contributed by atoms with Gasteiger partial charge in [-0.3, -0.25) is 4.79 Å². The van der Waals surface area contributed by atoms with Gasteiger partial charge in [-0.25, -0.2) is 4.79 Å². The summed E-state index contributed by atoms with van der Waals surface area (Å²) in [5.74, 6) is -0.701. The Bertz CT molecular complexity index is 440.